The van der Waals surface area contributed by atoms with Gasteiger partial charge in [0, 0.05) is 18.6 Å². The Balaban J connectivity index is 2.52. The molecule has 1 aromatic heterocycles. The maximum absolute atomic E-state index is 12.6. The lowest BCUT2D eigenvalue weighted by atomic mass is 10.2. The molecular formula is C13H9F3O3. The average Bonchev–Trinajstić information content (AvgIpc) is 2.73. The molecule has 0 spiro atoms. The number of halogens is 3. The maximum Gasteiger partial charge on any atom is 0.449 e. The van der Waals surface area contributed by atoms with Gasteiger partial charge in [-0.25, -0.2) is 0 Å². The standard InChI is InChI=1S/C13H9F3O3/c1-8(17)18-10-7-11(13(14,15)16)19-12(10)9-5-3-2-4-6-9/h2-7H,1H3. The number of hydrogen-bond acceptors (Lipinski definition) is 3. The van der Waals surface area contributed by atoms with E-state index in [1.807, 2.05) is 0 Å². The molecule has 19 heavy (non-hydrogen) atoms. The SMILES string of the molecule is CC(=O)Oc1cc(C(F)(F)F)oc1-c1ccccc1. The number of furan rings is 1. The summed E-state index contributed by atoms with van der Waals surface area (Å²) in [6, 6.07) is 8.79. The maximum atomic E-state index is 12.6. The summed E-state index contributed by atoms with van der Waals surface area (Å²) in [5.74, 6) is -2.29. The second-order valence-electron chi connectivity index (χ2n) is 3.76. The van der Waals surface area contributed by atoms with Crippen molar-refractivity contribution in [3.63, 3.8) is 0 Å². The van der Waals surface area contributed by atoms with Crippen molar-refractivity contribution < 1.29 is 27.1 Å². The van der Waals surface area contributed by atoms with Crippen molar-refractivity contribution in [1.29, 1.82) is 0 Å². The Hall–Kier alpha value is -2.24. The zero-order chi connectivity index (χ0) is 14.0. The average molecular weight is 270 g/mol. The van der Waals surface area contributed by atoms with Gasteiger partial charge in [-0.15, -0.1) is 0 Å². The Labute approximate surface area is 106 Å². The Kier molecular flexibility index (Phi) is 3.33. The highest BCUT2D eigenvalue weighted by atomic mass is 19.4. The van der Waals surface area contributed by atoms with Crippen molar-refractivity contribution >= 4 is 5.97 Å². The van der Waals surface area contributed by atoms with Gasteiger partial charge in [0.2, 0.25) is 5.76 Å². The summed E-state index contributed by atoms with van der Waals surface area (Å²) >= 11 is 0. The van der Waals surface area contributed by atoms with E-state index in [2.05, 4.69) is 0 Å². The molecule has 0 fully saturated rings. The van der Waals surface area contributed by atoms with E-state index in [9.17, 15) is 18.0 Å². The minimum absolute atomic E-state index is 0.122. The van der Waals surface area contributed by atoms with Crippen molar-refractivity contribution in [3.05, 3.63) is 42.2 Å². The van der Waals surface area contributed by atoms with Crippen LogP contribution in [0.15, 0.2) is 40.8 Å². The molecule has 6 heteroatoms. The van der Waals surface area contributed by atoms with E-state index >= 15 is 0 Å². The molecule has 0 unspecified atom stereocenters. The molecule has 0 bridgehead atoms. The largest absolute Gasteiger partial charge is 0.449 e. The van der Waals surface area contributed by atoms with Gasteiger partial charge in [0.05, 0.1) is 0 Å². The number of rotatable bonds is 2. The first-order chi connectivity index (χ1) is 8.88. The summed E-state index contributed by atoms with van der Waals surface area (Å²) in [5, 5.41) is 0. The summed E-state index contributed by atoms with van der Waals surface area (Å²) in [7, 11) is 0. The first-order valence-corrected chi connectivity index (χ1v) is 5.33. The number of esters is 1. The van der Waals surface area contributed by atoms with Crippen molar-refractivity contribution in [3.8, 4) is 17.1 Å². The molecule has 0 aliphatic carbocycles. The monoisotopic (exact) mass is 270 g/mol. The minimum atomic E-state index is -4.64. The topological polar surface area (TPSA) is 39.4 Å². The Morgan fingerprint density at radius 2 is 1.84 bits per heavy atom. The molecule has 100 valence electrons. The van der Waals surface area contributed by atoms with Crippen LogP contribution >= 0.6 is 0 Å². The van der Waals surface area contributed by atoms with Crippen LogP contribution < -0.4 is 4.74 Å². The number of benzene rings is 1. The third kappa shape index (κ3) is 2.96. The van der Waals surface area contributed by atoms with Crippen molar-refractivity contribution in [1.82, 2.24) is 0 Å². The molecule has 0 saturated heterocycles. The Bertz CT molecular complexity index is 585. The quantitative estimate of drug-likeness (QED) is 0.777. The summed E-state index contributed by atoms with van der Waals surface area (Å²) in [6.07, 6.45) is -4.64. The van der Waals surface area contributed by atoms with Crippen LogP contribution in [-0.2, 0) is 11.0 Å². The second-order valence-corrected chi connectivity index (χ2v) is 3.76. The summed E-state index contributed by atoms with van der Waals surface area (Å²) in [5.41, 5.74) is 0.397. The van der Waals surface area contributed by atoms with Gasteiger partial charge in [0.1, 0.15) is 0 Å². The molecule has 0 radical (unpaired) electrons. The lowest BCUT2D eigenvalue weighted by Crippen LogP contribution is -2.03. The first-order valence-electron chi connectivity index (χ1n) is 5.33. The predicted octanol–water partition coefficient (Wildman–Crippen LogP) is 3.89. The fourth-order valence-electron chi connectivity index (χ4n) is 1.54. The van der Waals surface area contributed by atoms with Gasteiger partial charge in [-0.2, -0.15) is 13.2 Å². The molecule has 2 aromatic rings. The van der Waals surface area contributed by atoms with Gasteiger partial charge in [-0.1, -0.05) is 30.3 Å². The van der Waals surface area contributed by atoms with Crippen LogP contribution in [0, 0.1) is 0 Å². The van der Waals surface area contributed by atoms with Crippen molar-refractivity contribution in [2.45, 2.75) is 13.1 Å². The van der Waals surface area contributed by atoms with Crippen LogP contribution in [0.2, 0.25) is 0 Å². The highest BCUT2D eigenvalue weighted by Crippen LogP contribution is 2.40. The first kappa shape index (κ1) is 13.2. The Morgan fingerprint density at radius 1 is 1.21 bits per heavy atom. The highest BCUT2D eigenvalue weighted by Gasteiger charge is 2.37. The lowest BCUT2D eigenvalue weighted by molar-refractivity contribution is -0.152. The van der Waals surface area contributed by atoms with Crippen molar-refractivity contribution in [2.24, 2.45) is 0 Å². The van der Waals surface area contributed by atoms with E-state index in [4.69, 9.17) is 9.15 Å². The van der Waals surface area contributed by atoms with Crippen LogP contribution in [0.25, 0.3) is 11.3 Å². The number of carbonyl (C=O) groups excluding carboxylic acids is 1. The molecule has 0 aliphatic rings. The zero-order valence-corrected chi connectivity index (χ0v) is 9.82. The fourth-order valence-corrected chi connectivity index (χ4v) is 1.54. The molecule has 2 rings (SSSR count). The third-order valence-electron chi connectivity index (χ3n) is 2.27. The third-order valence-corrected chi connectivity index (χ3v) is 2.27. The van der Waals surface area contributed by atoms with Gasteiger partial charge < -0.3 is 9.15 Å². The van der Waals surface area contributed by atoms with Gasteiger partial charge in [-0.05, 0) is 0 Å². The van der Waals surface area contributed by atoms with Crippen LogP contribution in [0.1, 0.15) is 12.7 Å². The molecule has 1 heterocycles. The predicted molar refractivity (Wildman–Crippen MR) is 60.5 cm³/mol. The Morgan fingerprint density at radius 3 is 2.37 bits per heavy atom. The van der Waals surface area contributed by atoms with E-state index < -0.39 is 17.9 Å². The number of hydrogen-bond donors (Lipinski definition) is 0. The van der Waals surface area contributed by atoms with E-state index in [1.54, 1.807) is 30.3 Å². The van der Waals surface area contributed by atoms with Crippen LogP contribution in [0.5, 0.6) is 5.75 Å². The molecular weight excluding hydrogens is 261 g/mol. The molecule has 0 atom stereocenters. The molecule has 0 N–H and O–H groups in total. The molecule has 3 nitrogen and oxygen atoms in total. The van der Waals surface area contributed by atoms with Gasteiger partial charge >= 0.3 is 12.1 Å². The second kappa shape index (κ2) is 4.79. The van der Waals surface area contributed by atoms with Crippen molar-refractivity contribution in [2.75, 3.05) is 0 Å². The van der Waals surface area contributed by atoms with E-state index in [0.717, 1.165) is 6.92 Å². The molecule has 0 saturated carbocycles. The zero-order valence-electron chi connectivity index (χ0n) is 9.82. The van der Waals surface area contributed by atoms with Gasteiger partial charge in [0.25, 0.3) is 0 Å². The number of alkyl halides is 3. The summed E-state index contributed by atoms with van der Waals surface area (Å²) in [4.78, 5) is 10.9. The van der Waals surface area contributed by atoms with Crippen LogP contribution in [0.3, 0.4) is 0 Å². The van der Waals surface area contributed by atoms with E-state index in [1.165, 1.54) is 0 Å². The lowest BCUT2D eigenvalue weighted by Gasteiger charge is -2.02. The number of carbonyl (C=O) groups is 1. The minimum Gasteiger partial charge on any atom is -0.447 e. The van der Waals surface area contributed by atoms with Crippen LogP contribution in [0.4, 0.5) is 13.2 Å². The van der Waals surface area contributed by atoms with Gasteiger partial charge in [0.15, 0.2) is 11.5 Å². The van der Waals surface area contributed by atoms with E-state index in [0.29, 0.717) is 11.6 Å². The fraction of sp³-hybridized carbons (Fsp3) is 0.154. The van der Waals surface area contributed by atoms with E-state index in [-0.39, 0.29) is 11.5 Å². The highest BCUT2D eigenvalue weighted by molar-refractivity contribution is 5.74. The smallest absolute Gasteiger partial charge is 0.447 e. The summed E-state index contributed by atoms with van der Waals surface area (Å²) in [6.45, 7) is 1.11. The normalized spacial score (nSPS) is 11.4. The molecule has 0 amide bonds. The van der Waals surface area contributed by atoms with Crippen LogP contribution in [-0.4, -0.2) is 5.97 Å². The number of ether oxygens (including phenoxy) is 1. The van der Waals surface area contributed by atoms with Gasteiger partial charge in [-0.3, -0.25) is 4.79 Å². The summed E-state index contributed by atoms with van der Waals surface area (Å²) < 4.78 is 47.3. The molecule has 0 aliphatic heterocycles. The molecule has 1 aromatic carbocycles.